The molecule has 8 heteroatoms. The number of halogens is 3. The summed E-state index contributed by atoms with van der Waals surface area (Å²) in [5, 5.41) is 0. The molecule has 2 fully saturated rings. The van der Waals surface area contributed by atoms with Crippen LogP contribution in [-0.2, 0) is 26.0 Å². The van der Waals surface area contributed by atoms with E-state index < -0.39 is 29.0 Å². The number of hydrogen-bond acceptors (Lipinski definition) is 3. The molecule has 0 radical (unpaired) electrons. The van der Waals surface area contributed by atoms with E-state index in [1.807, 2.05) is 19.1 Å². The highest BCUT2D eigenvalue weighted by atomic mass is 19.4. The van der Waals surface area contributed by atoms with Gasteiger partial charge in [-0.25, -0.2) is 0 Å². The lowest BCUT2D eigenvalue weighted by atomic mass is 9.74. The summed E-state index contributed by atoms with van der Waals surface area (Å²) in [5.74, 6) is -1.35. The van der Waals surface area contributed by atoms with Crippen molar-refractivity contribution < 1.29 is 27.6 Å². The molecule has 5 nitrogen and oxygen atoms in total. The van der Waals surface area contributed by atoms with Gasteiger partial charge in [0, 0.05) is 31.0 Å². The summed E-state index contributed by atoms with van der Waals surface area (Å²) in [5.41, 5.74) is -2.49. The first-order chi connectivity index (χ1) is 15.6. The minimum Gasteiger partial charge on any atom is -0.333 e. The van der Waals surface area contributed by atoms with Crippen LogP contribution in [0.15, 0.2) is 49.1 Å². The summed E-state index contributed by atoms with van der Waals surface area (Å²) in [6.07, 6.45) is 2.88. The van der Waals surface area contributed by atoms with E-state index >= 15 is 0 Å². The van der Waals surface area contributed by atoms with Crippen molar-refractivity contribution in [2.75, 3.05) is 0 Å². The minimum atomic E-state index is -4.61. The maximum atomic E-state index is 13.6. The number of hydrogen-bond donors (Lipinski definition) is 0. The maximum absolute atomic E-state index is 13.6. The van der Waals surface area contributed by atoms with Gasteiger partial charge < -0.3 is 4.90 Å². The SMILES string of the molecule is C=CC[C@@H]1CC=C[C@@H](C)N1C(=O)CC1(c2cccc(C(F)(F)F)c2)CC(=O)N(C2CC2)C1=O. The number of rotatable bonds is 6. The fraction of sp³-hybridized carbons (Fsp3) is 0.480. The summed E-state index contributed by atoms with van der Waals surface area (Å²) >= 11 is 0. The molecule has 1 aliphatic carbocycles. The predicted octanol–water partition coefficient (Wildman–Crippen LogP) is 4.38. The second kappa shape index (κ2) is 8.47. The van der Waals surface area contributed by atoms with Crippen LogP contribution < -0.4 is 0 Å². The first-order valence-corrected chi connectivity index (χ1v) is 11.2. The largest absolute Gasteiger partial charge is 0.416 e. The van der Waals surface area contributed by atoms with E-state index in [4.69, 9.17) is 0 Å². The zero-order valence-electron chi connectivity index (χ0n) is 18.5. The molecule has 176 valence electrons. The van der Waals surface area contributed by atoms with Crippen molar-refractivity contribution in [2.24, 2.45) is 0 Å². The van der Waals surface area contributed by atoms with Crippen LogP contribution in [0.2, 0.25) is 0 Å². The summed E-state index contributed by atoms with van der Waals surface area (Å²) in [6, 6.07) is 3.88. The summed E-state index contributed by atoms with van der Waals surface area (Å²) in [6.45, 7) is 5.61. The van der Waals surface area contributed by atoms with Gasteiger partial charge in [-0.3, -0.25) is 19.3 Å². The van der Waals surface area contributed by atoms with Gasteiger partial charge in [-0.2, -0.15) is 13.2 Å². The topological polar surface area (TPSA) is 57.7 Å². The smallest absolute Gasteiger partial charge is 0.333 e. The molecule has 2 aliphatic heterocycles. The van der Waals surface area contributed by atoms with Gasteiger partial charge in [-0.15, -0.1) is 6.58 Å². The molecule has 33 heavy (non-hydrogen) atoms. The monoisotopic (exact) mass is 460 g/mol. The number of amides is 3. The lowest BCUT2D eigenvalue weighted by Crippen LogP contribution is -2.50. The van der Waals surface area contributed by atoms with Crippen LogP contribution >= 0.6 is 0 Å². The Morgan fingerprint density at radius 1 is 1.27 bits per heavy atom. The molecule has 0 spiro atoms. The molecule has 1 aromatic carbocycles. The first-order valence-electron chi connectivity index (χ1n) is 11.2. The molecular formula is C25H27F3N2O3. The molecule has 3 amide bonds. The molecule has 1 saturated heterocycles. The highest BCUT2D eigenvalue weighted by Gasteiger charge is 2.57. The number of benzene rings is 1. The van der Waals surface area contributed by atoms with E-state index in [1.165, 1.54) is 17.0 Å². The van der Waals surface area contributed by atoms with Crippen LogP contribution in [0.1, 0.15) is 56.6 Å². The van der Waals surface area contributed by atoms with Crippen LogP contribution in [0.4, 0.5) is 13.2 Å². The number of imide groups is 1. The van der Waals surface area contributed by atoms with Crippen LogP contribution in [-0.4, -0.2) is 45.6 Å². The Morgan fingerprint density at radius 2 is 2.00 bits per heavy atom. The molecule has 4 rings (SSSR count). The Morgan fingerprint density at radius 3 is 2.64 bits per heavy atom. The number of alkyl halides is 3. The highest BCUT2D eigenvalue weighted by Crippen LogP contribution is 2.46. The minimum absolute atomic E-state index is 0.0626. The van der Waals surface area contributed by atoms with Gasteiger partial charge in [-0.1, -0.05) is 36.4 Å². The third-order valence-electron chi connectivity index (χ3n) is 6.84. The third-order valence-corrected chi connectivity index (χ3v) is 6.84. The Hall–Kier alpha value is -2.90. The van der Waals surface area contributed by atoms with Crippen molar-refractivity contribution in [3.8, 4) is 0 Å². The second-order valence-electron chi connectivity index (χ2n) is 9.20. The van der Waals surface area contributed by atoms with Gasteiger partial charge in [0.1, 0.15) is 0 Å². The summed E-state index contributed by atoms with van der Waals surface area (Å²) in [7, 11) is 0. The van der Waals surface area contributed by atoms with Crippen LogP contribution in [0, 0.1) is 0 Å². The molecule has 0 N–H and O–H groups in total. The van der Waals surface area contributed by atoms with Gasteiger partial charge in [0.15, 0.2) is 0 Å². The Balaban J connectivity index is 1.75. The zero-order chi connectivity index (χ0) is 24.0. The molecule has 1 aromatic rings. The van der Waals surface area contributed by atoms with Crippen molar-refractivity contribution >= 4 is 17.7 Å². The molecule has 1 saturated carbocycles. The quantitative estimate of drug-likeness (QED) is 0.468. The van der Waals surface area contributed by atoms with Crippen molar-refractivity contribution in [3.05, 3.63) is 60.2 Å². The van der Waals surface area contributed by atoms with Gasteiger partial charge in [0.05, 0.1) is 11.0 Å². The van der Waals surface area contributed by atoms with E-state index in [0.29, 0.717) is 25.7 Å². The molecule has 2 heterocycles. The van der Waals surface area contributed by atoms with Gasteiger partial charge in [0.25, 0.3) is 0 Å². The van der Waals surface area contributed by atoms with E-state index in [2.05, 4.69) is 6.58 Å². The maximum Gasteiger partial charge on any atom is 0.416 e. The Kier molecular flexibility index (Phi) is 5.97. The van der Waals surface area contributed by atoms with Crippen LogP contribution in [0.25, 0.3) is 0 Å². The normalized spacial score (nSPS) is 27.9. The summed E-state index contributed by atoms with van der Waals surface area (Å²) < 4.78 is 40.4. The molecule has 1 unspecified atom stereocenters. The Bertz CT molecular complexity index is 1010. The number of nitrogens with zero attached hydrogens (tertiary/aromatic N) is 2. The molecular weight excluding hydrogens is 433 g/mol. The fourth-order valence-corrected chi connectivity index (χ4v) is 5.08. The number of carbonyl (C=O) groups is 3. The lowest BCUT2D eigenvalue weighted by Gasteiger charge is -2.39. The fourth-order valence-electron chi connectivity index (χ4n) is 5.08. The van der Waals surface area contributed by atoms with Gasteiger partial charge >= 0.3 is 6.18 Å². The number of carbonyl (C=O) groups excluding carboxylic acids is 3. The van der Waals surface area contributed by atoms with Crippen molar-refractivity contribution in [3.63, 3.8) is 0 Å². The highest BCUT2D eigenvalue weighted by molar-refractivity contribution is 6.11. The van der Waals surface area contributed by atoms with Crippen molar-refractivity contribution in [1.82, 2.24) is 9.80 Å². The van der Waals surface area contributed by atoms with Crippen molar-refractivity contribution in [1.29, 1.82) is 0 Å². The first kappa shape index (κ1) is 23.3. The molecule has 3 atom stereocenters. The number of likely N-dealkylation sites (tertiary alicyclic amines) is 1. The van der Waals surface area contributed by atoms with E-state index in [9.17, 15) is 27.6 Å². The van der Waals surface area contributed by atoms with Crippen LogP contribution in [0.5, 0.6) is 0 Å². The third kappa shape index (κ3) is 4.23. The summed E-state index contributed by atoms with van der Waals surface area (Å²) in [4.78, 5) is 42.9. The molecule has 0 aromatic heterocycles. The zero-order valence-corrected chi connectivity index (χ0v) is 18.5. The second-order valence-corrected chi connectivity index (χ2v) is 9.20. The average Bonchev–Trinajstić information content (AvgIpc) is 3.54. The van der Waals surface area contributed by atoms with E-state index in [-0.39, 0.29) is 42.4 Å². The Labute approximate surface area is 190 Å². The lowest BCUT2D eigenvalue weighted by molar-refractivity contribution is -0.144. The molecule has 3 aliphatic rings. The standard InChI is InChI=1S/C25H27F3N2O3/c1-3-6-19-10-4-7-16(2)29(19)21(31)14-24(15-22(32)30(23(24)33)20-11-12-20)17-8-5-9-18(13-17)25(26,27)28/h3-5,7-9,13,16,19-20H,1,6,10-12,14-15H2,2H3/t16-,19-,24?/m1/s1. The van der Waals surface area contributed by atoms with Crippen LogP contribution in [0.3, 0.4) is 0 Å². The van der Waals surface area contributed by atoms with E-state index in [1.54, 1.807) is 11.0 Å². The average molecular weight is 460 g/mol. The van der Waals surface area contributed by atoms with Crippen molar-refractivity contribution in [2.45, 2.75) is 75.2 Å². The predicted molar refractivity (Wildman–Crippen MR) is 116 cm³/mol. The van der Waals surface area contributed by atoms with Gasteiger partial charge in [-0.05, 0) is 44.2 Å². The van der Waals surface area contributed by atoms with Gasteiger partial charge in [0.2, 0.25) is 17.7 Å². The van der Waals surface area contributed by atoms with E-state index in [0.717, 1.165) is 12.1 Å². The molecule has 0 bridgehead atoms.